The van der Waals surface area contributed by atoms with Crippen molar-refractivity contribution in [1.29, 1.82) is 0 Å². The standard InChI is InChI=1S/C14H20ClN/c1-14(2)8-10(5-6-16)13-4-3-12(15)7-11(13)9-14/h3-4,7,10H,5-6,8-9,16H2,1-2H3. The van der Waals surface area contributed by atoms with Gasteiger partial charge in [0.25, 0.3) is 0 Å². The summed E-state index contributed by atoms with van der Waals surface area (Å²) >= 11 is 6.07. The normalized spacial score (nSPS) is 22.9. The summed E-state index contributed by atoms with van der Waals surface area (Å²) < 4.78 is 0. The first kappa shape index (κ1) is 11.9. The molecule has 0 aliphatic heterocycles. The maximum atomic E-state index is 6.07. The molecule has 0 amide bonds. The van der Waals surface area contributed by atoms with Crippen LogP contribution in [0, 0.1) is 5.41 Å². The zero-order valence-electron chi connectivity index (χ0n) is 10.1. The van der Waals surface area contributed by atoms with Crippen molar-refractivity contribution in [3.63, 3.8) is 0 Å². The van der Waals surface area contributed by atoms with Gasteiger partial charge in [-0.25, -0.2) is 0 Å². The predicted molar refractivity (Wildman–Crippen MR) is 70.0 cm³/mol. The second kappa shape index (κ2) is 4.38. The Balaban J connectivity index is 2.38. The third-order valence-electron chi connectivity index (χ3n) is 3.53. The molecule has 1 nitrogen and oxygen atoms in total. The minimum absolute atomic E-state index is 0.373. The van der Waals surface area contributed by atoms with E-state index in [0.717, 1.165) is 24.4 Å². The van der Waals surface area contributed by atoms with Crippen LogP contribution in [0.1, 0.15) is 43.7 Å². The summed E-state index contributed by atoms with van der Waals surface area (Å²) in [6.07, 6.45) is 3.45. The van der Waals surface area contributed by atoms with E-state index in [-0.39, 0.29) is 0 Å². The molecule has 1 aliphatic rings. The van der Waals surface area contributed by atoms with Gasteiger partial charge in [-0.3, -0.25) is 0 Å². The van der Waals surface area contributed by atoms with Crippen LogP contribution in [0.2, 0.25) is 5.02 Å². The van der Waals surface area contributed by atoms with Crippen LogP contribution in [0.15, 0.2) is 18.2 Å². The van der Waals surface area contributed by atoms with Crippen molar-refractivity contribution in [2.75, 3.05) is 6.54 Å². The summed E-state index contributed by atoms with van der Waals surface area (Å²) in [6.45, 7) is 5.43. The van der Waals surface area contributed by atoms with Crippen LogP contribution in [0.25, 0.3) is 0 Å². The molecule has 1 aromatic rings. The molecular weight excluding hydrogens is 218 g/mol. The lowest BCUT2D eigenvalue weighted by Crippen LogP contribution is -2.26. The fourth-order valence-electron chi connectivity index (χ4n) is 2.95. The van der Waals surface area contributed by atoms with Crippen LogP contribution in [0.4, 0.5) is 0 Å². The Morgan fingerprint density at radius 3 is 2.88 bits per heavy atom. The maximum absolute atomic E-state index is 6.07. The fraction of sp³-hybridized carbons (Fsp3) is 0.571. The Labute approximate surface area is 103 Å². The van der Waals surface area contributed by atoms with Gasteiger partial charge in [0.15, 0.2) is 0 Å². The molecule has 2 N–H and O–H groups in total. The molecule has 1 atom stereocenters. The molecule has 0 bridgehead atoms. The minimum Gasteiger partial charge on any atom is -0.330 e. The minimum atomic E-state index is 0.373. The molecule has 16 heavy (non-hydrogen) atoms. The second-order valence-corrected chi connectivity index (χ2v) is 6.10. The molecule has 2 rings (SSSR count). The van der Waals surface area contributed by atoms with Gasteiger partial charge in [-0.05, 0) is 60.4 Å². The Morgan fingerprint density at radius 1 is 1.44 bits per heavy atom. The van der Waals surface area contributed by atoms with E-state index in [9.17, 15) is 0 Å². The largest absolute Gasteiger partial charge is 0.330 e. The van der Waals surface area contributed by atoms with Gasteiger partial charge < -0.3 is 5.73 Å². The highest BCUT2D eigenvalue weighted by atomic mass is 35.5. The molecule has 0 saturated carbocycles. The van der Waals surface area contributed by atoms with Crippen LogP contribution < -0.4 is 5.73 Å². The molecular formula is C14H20ClN. The van der Waals surface area contributed by atoms with Gasteiger partial charge in [-0.1, -0.05) is 31.5 Å². The Hall–Kier alpha value is -0.530. The third kappa shape index (κ3) is 2.41. The average Bonchev–Trinajstić information content (AvgIpc) is 2.15. The van der Waals surface area contributed by atoms with E-state index in [1.54, 1.807) is 0 Å². The number of nitrogens with two attached hydrogens (primary N) is 1. The Bertz CT molecular complexity index is 384. The fourth-order valence-corrected chi connectivity index (χ4v) is 3.14. The maximum Gasteiger partial charge on any atom is 0.0408 e. The van der Waals surface area contributed by atoms with Crippen molar-refractivity contribution >= 4 is 11.6 Å². The van der Waals surface area contributed by atoms with Gasteiger partial charge >= 0.3 is 0 Å². The molecule has 1 aromatic carbocycles. The average molecular weight is 238 g/mol. The van der Waals surface area contributed by atoms with Crippen LogP contribution in [0.5, 0.6) is 0 Å². The predicted octanol–water partition coefficient (Wildman–Crippen LogP) is 3.74. The molecule has 2 heteroatoms. The zero-order chi connectivity index (χ0) is 11.8. The number of benzene rings is 1. The number of rotatable bonds is 2. The van der Waals surface area contributed by atoms with Crippen molar-refractivity contribution in [1.82, 2.24) is 0 Å². The molecule has 88 valence electrons. The zero-order valence-corrected chi connectivity index (χ0v) is 10.8. The van der Waals surface area contributed by atoms with E-state index >= 15 is 0 Å². The van der Waals surface area contributed by atoms with Gasteiger partial charge in [0.05, 0.1) is 0 Å². The second-order valence-electron chi connectivity index (χ2n) is 5.66. The lowest BCUT2D eigenvalue weighted by Gasteiger charge is -2.37. The van der Waals surface area contributed by atoms with E-state index in [2.05, 4.69) is 26.0 Å². The molecule has 0 aromatic heterocycles. The van der Waals surface area contributed by atoms with E-state index in [4.69, 9.17) is 17.3 Å². The smallest absolute Gasteiger partial charge is 0.0408 e. The first-order valence-corrected chi connectivity index (χ1v) is 6.38. The lowest BCUT2D eigenvalue weighted by atomic mass is 9.68. The van der Waals surface area contributed by atoms with Crippen molar-refractivity contribution in [2.45, 2.75) is 39.0 Å². The summed E-state index contributed by atoms with van der Waals surface area (Å²) in [7, 11) is 0. The molecule has 0 spiro atoms. The Morgan fingerprint density at radius 2 is 2.19 bits per heavy atom. The van der Waals surface area contributed by atoms with Gasteiger partial charge in [-0.15, -0.1) is 0 Å². The van der Waals surface area contributed by atoms with E-state index in [1.807, 2.05) is 6.07 Å². The van der Waals surface area contributed by atoms with Crippen LogP contribution in [0.3, 0.4) is 0 Å². The van der Waals surface area contributed by atoms with Crippen molar-refractivity contribution in [2.24, 2.45) is 11.1 Å². The van der Waals surface area contributed by atoms with Crippen LogP contribution in [-0.2, 0) is 6.42 Å². The highest BCUT2D eigenvalue weighted by Crippen LogP contribution is 2.43. The Kier molecular flexibility index (Phi) is 3.27. The molecule has 1 aliphatic carbocycles. The van der Waals surface area contributed by atoms with Gasteiger partial charge in [0.1, 0.15) is 0 Å². The van der Waals surface area contributed by atoms with Crippen molar-refractivity contribution in [3.05, 3.63) is 34.3 Å². The first-order valence-electron chi connectivity index (χ1n) is 6.00. The SMILES string of the molecule is CC1(C)Cc2cc(Cl)ccc2C(CCN)C1. The molecule has 0 radical (unpaired) electrons. The van der Waals surface area contributed by atoms with Crippen LogP contribution in [-0.4, -0.2) is 6.54 Å². The lowest BCUT2D eigenvalue weighted by molar-refractivity contribution is 0.275. The molecule has 0 fully saturated rings. The molecule has 0 heterocycles. The van der Waals surface area contributed by atoms with E-state index in [1.165, 1.54) is 17.5 Å². The third-order valence-corrected chi connectivity index (χ3v) is 3.76. The highest BCUT2D eigenvalue weighted by molar-refractivity contribution is 6.30. The summed E-state index contributed by atoms with van der Waals surface area (Å²) in [5, 5.41) is 0.850. The summed E-state index contributed by atoms with van der Waals surface area (Å²) in [5.74, 6) is 0.612. The highest BCUT2D eigenvalue weighted by Gasteiger charge is 2.31. The summed E-state index contributed by atoms with van der Waals surface area (Å²) in [6, 6.07) is 6.32. The number of hydrogen-bond acceptors (Lipinski definition) is 1. The van der Waals surface area contributed by atoms with Gasteiger partial charge in [0.2, 0.25) is 0 Å². The summed E-state index contributed by atoms with van der Waals surface area (Å²) in [5.41, 5.74) is 8.97. The molecule has 0 saturated heterocycles. The quantitative estimate of drug-likeness (QED) is 0.833. The van der Waals surface area contributed by atoms with E-state index < -0.39 is 0 Å². The molecule has 1 unspecified atom stereocenters. The topological polar surface area (TPSA) is 26.0 Å². The van der Waals surface area contributed by atoms with Crippen molar-refractivity contribution in [3.8, 4) is 0 Å². The number of fused-ring (bicyclic) bond motifs is 1. The van der Waals surface area contributed by atoms with E-state index in [0.29, 0.717) is 11.3 Å². The number of halogens is 1. The van der Waals surface area contributed by atoms with Gasteiger partial charge in [-0.2, -0.15) is 0 Å². The number of hydrogen-bond donors (Lipinski definition) is 1. The monoisotopic (exact) mass is 237 g/mol. The van der Waals surface area contributed by atoms with Gasteiger partial charge in [0, 0.05) is 5.02 Å². The summed E-state index contributed by atoms with van der Waals surface area (Å²) in [4.78, 5) is 0. The first-order chi connectivity index (χ1) is 7.52. The van der Waals surface area contributed by atoms with Crippen LogP contribution >= 0.6 is 11.6 Å². The van der Waals surface area contributed by atoms with Crippen molar-refractivity contribution < 1.29 is 0 Å².